The number of hydrogen-bond acceptors (Lipinski definition) is 3. The molecule has 1 amide bonds. The van der Waals surface area contributed by atoms with Crippen molar-refractivity contribution in [2.75, 3.05) is 18.4 Å². The number of hydrogen-bond donors (Lipinski definition) is 1. The summed E-state index contributed by atoms with van der Waals surface area (Å²) in [4.78, 5) is 18.6. The molecule has 0 saturated carbocycles. The monoisotopic (exact) mass is 353 g/mol. The zero-order chi connectivity index (χ0) is 15.2. The SMILES string of the molecule is CCC(CC)C(=O)N1CCC(Nc2cncc(Br)c2)CC1. The van der Waals surface area contributed by atoms with Gasteiger partial charge >= 0.3 is 0 Å². The second-order valence-electron chi connectivity index (χ2n) is 5.65. The summed E-state index contributed by atoms with van der Waals surface area (Å²) in [7, 11) is 0. The Morgan fingerprint density at radius 3 is 2.62 bits per heavy atom. The van der Waals surface area contributed by atoms with E-state index in [1.54, 1.807) is 6.20 Å². The Bertz CT molecular complexity index is 468. The molecule has 2 rings (SSSR count). The summed E-state index contributed by atoms with van der Waals surface area (Å²) in [5, 5.41) is 3.51. The van der Waals surface area contributed by atoms with Crippen LogP contribution in [0.2, 0.25) is 0 Å². The van der Waals surface area contributed by atoms with Gasteiger partial charge in [0.05, 0.1) is 11.9 Å². The minimum atomic E-state index is 0.198. The molecular weight excluding hydrogens is 330 g/mol. The van der Waals surface area contributed by atoms with Crippen LogP contribution < -0.4 is 5.32 Å². The van der Waals surface area contributed by atoms with Gasteiger partial charge in [-0.3, -0.25) is 9.78 Å². The van der Waals surface area contributed by atoms with E-state index in [-0.39, 0.29) is 5.92 Å². The molecule has 1 aliphatic heterocycles. The highest BCUT2D eigenvalue weighted by molar-refractivity contribution is 9.10. The molecule has 5 heteroatoms. The van der Waals surface area contributed by atoms with E-state index in [2.05, 4.69) is 40.1 Å². The van der Waals surface area contributed by atoms with Gasteiger partial charge in [-0.15, -0.1) is 0 Å². The number of halogens is 1. The summed E-state index contributed by atoms with van der Waals surface area (Å²) in [6.07, 6.45) is 7.50. The van der Waals surface area contributed by atoms with Gasteiger partial charge in [0.2, 0.25) is 5.91 Å². The molecule has 0 aliphatic carbocycles. The van der Waals surface area contributed by atoms with Crippen LogP contribution in [0.25, 0.3) is 0 Å². The lowest BCUT2D eigenvalue weighted by molar-refractivity contribution is -0.136. The standard InChI is InChI=1S/C16H24BrN3O/c1-3-12(4-2)16(21)20-7-5-14(6-8-20)19-15-9-13(17)10-18-11-15/h9-12,14,19H,3-8H2,1-2H3. The molecule has 116 valence electrons. The molecule has 0 unspecified atom stereocenters. The van der Waals surface area contributed by atoms with Crippen LogP contribution in [0, 0.1) is 5.92 Å². The van der Waals surface area contributed by atoms with Crippen LogP contribution in [-0.2, 0) is 4.79 Å². The Hall–Kier alpha value is -1.10. The van der Waals surface area contributed by atoms with E-state index >= 15 is 0 Å². The zero-order valence-electron chi connectivity index (χ0n) is 12.8. The zero-order valence-corrected chi connectivity index (χ0v) is 14.4. The molecule has 0 aromatic carbocycles. The van der Waals surface area contributed by atoms with Gasteiger partial charge in [-0.05, 0) is 47.7 Å². The van der Waals surface area contributed by atoms with Crippen LogP contribution in [0.5, 0.6) is 0 Å². The van der Waals surface area contributed by atoms with Gasteiger partial charge in [-0.2, -0.15) is 0 Å². The second kappa shape index (κ2) is 7.78. The maximum Gasteiger partial charge on any atom is 0.225 e. The van der Waals surface area contributed by atoms with Crippen LogP contribution in [0.1, 0.15) is 39.5 Å². The van der Waals surface area contributed by atoms with Crippen molar-refractivity contribution in [3.05, 3.63) is 22.9 Å². The lowest BCUT2D eigenvalue weighted by Gasteiger charge is -2.34. The van der Waals surface area contributed by atoms with Crippen molar-refractivity contribution in [3.63, 3.8) is 0 Å². The topological polar surface area (TPSA) is 45.2 Å². The van der Waals surface area contributed by atoms with Gasteiger partial charge in [0.25, 0.3) is 0 Å². The molecular formula is C16H24BrN3O. The average Bonchev–Trinajstić information content (AvgIpc) is 2.49. The van der Waals surface area contributed by atoms with Crippen LogP contribution >= 0.6 is 15.9 Å². The maximum absolute atomic E-state index is 12.4. The molecule has 1 aromatic heterocycles. The van der Waals surface area contributed by atoms with Crippen molar-refractivity contribution in [1.29, 1.82) is 0 Å². The van der Waals surface area contributed by atoms with Gasteiger partial charge in [-0.25, -0.2) is 0 Å². The molecule has 1 saturated heterocycles. The van der Waals surface area contributed by atoms with E-state index in [4.69, 9.17) is 0 Å². The highest BCUT2D eigenvalue weighted by Crippen LogP contribution is 2.21. The molecule has 0 bridgehead atoms. The molecule has 4 nitrogen and oxygen atoms in total. The first-order valence-electron chi connectivity index (χ1n) is 7.79. The number of amides is 1. The quantitative estimate of drug-likeness (QED) is 0.877. The fourth-order valence-corrected chi connectivity index (χ4v) is 3.23. The molecule has 1 N–H and O–H groups in total. The third-order valence-electron chi connectivity index (χ3n) is 4.22. The third kappa shape index (κ3) is 4.43. The number of aromatic nitrogens is 1. The molecule has 2 heterocycles. The van der Waals surface area contributed by atoms with E-state index in [0.717, 1.165) is 48.9 Å². The average molecular weight is 354 g/mol. The normalized spacial score (nSPS) is 16.3. The smallest absolute Gasteiger partial charge is 0.225 e. The molecule has 0 radical (unpaired) electrons. The lowest BCUT2D eigenvalue weighted by atomic mass is 9.98. The van der Waals surface area contributed by atoms with Crippen LogP contribution in [-0.4, -0.2) is 34.9 Å². The van der Waals surface area contributed by atoms with E-state index in [1.165, 1.54) is 0 Å². The van der Waals surface area contributed by atoms with Gasteiger partial charge in [0.1, 0.15) is 0 Å². The van der Waals surface area contributed by atoms with Crippen LogP contribution in [0.4, 0.5) is 5.69 Å². The van der Waals surface area contributed by atoms with E-state index < -0.39 is 0 Å². The molecule has 0 atom stereocenters. The van der Waals surface area contributed by atoms with Gasteiger partial charge in [-0.1, -0.05) is 13.8 Å². The number of carbonyl (C=O) groups excluding carboxylic acids is 1. The number of piperidine rings is 1. The third-order valence-corrected chi connectivity index (χ3v) is 4.65. The molecule has 1 aromatic rings. The summed E-state index contributed by atoms with van der Waals surface area (Å²) < 4.78 is 0.980. The highest BCUT2D eigenvalue weighted by atomic mass is 79.9. The molecule has 21 heavy (non-hydrogen) atoms. The van der Waals surface area contributed by atoms with Crippen molar-refractivity contribution in [1.82, 2.24) is 9.88 Å². The predicted octanol–water partition coefficient (Wildman–Crippen LogP) is 3.68. The number of carbonyl (C=O) groups is 1. The first-order valence-corrected chi connectivity index (χ1v) is 8.59. The van der Waals surface area contributed by atoms with Crippen molar-refractivity contribution < 1.29 is 4.79 Å². The van der Waals surface area contributed by atoms with E-state index in [9.17, 15) is 4.79 Å². The highest BCUT2D eigenvalue weighted by Gasteiger charge is 2.26. The molecule has 1 aliphatic rings. The Labute approximate surface area is 135 Å². The number of rotatable bonds is 5. The van der Waals surface area contributed by atoms with Crippen molar-refractivity contribution in [2.45, 2.75) is 45.6 Å². The van der Waals surface area contributed by atoms with Gasteiger partial charge < -0.3 is 10.2 Å². The van der Waals surface area contributed by atoms with Crippen LogP contribution in [0.3, 0.4) is 0 Å². The number of nitrogens with one attached hydrogen (secondary N) is 1. The Balaban J connectivity index is 1.84. The number of anilines is 1. The van der Waals surface area contributed by atoms with Crippen molar-refractivity contribution in [3.8, 4) is 0 Å². The minimum absolute atomic E-state index is 0.198. The predicted molar refractivity (Wildman–Crippen MR) is 89.2 cm³/mol. The van der Waals surface area contributed by atoms with Gasteiger partial charge in [0.15, 0.2) is 0 Å². The van der Waals surface area contributed by atoms with Crippen molar-refractivity contribution >= 4 is 27.5 Å². The first kappa shape index (κ1) is 16.3. The Kier molecular flexibility index (Phi) is 6.03. The lowest BCUT2D eigenvalue weighted by Crippen LogP contribution is -2.44. The summed E-state index contributed by atoms with van der Waals surface area (Å²) in [5.41, 5.74) is 1.04. The summed E-state index contributed by atoms with van der Waals surface area (Å²) >= 11 is 3.43. The minimum Gasteiger partial charge on any atom is -0.381 e. The maximum atomic E-state index is 12.4. The number of likely N-dealkylation sites (tertiary alicyclic amines) is 1. The largest absolute Gasteiger partial charge is 0.381 e. The first-order chi connectivity index (χ1) is 10.1. The summed E-state index contributed by atoms with van der Waals surface area (Å²) in [5.74, 6) is 0.534. The fraction of sp³-hybridized carbons (Fsp3) is 0.625. The fourth-order valence-electron chi connectivity index (χ4n) is 2.87. The van der Waals surface area contributed by atoms with Crippen LogP contribution in [0.15, 0.2) is 22.9 Å². The molecule has 0 spiro atoms. The Morgan fingerprint density at radius 1 is 1.38 bits per heavy atom. The molecule has 1 fully saturated rings. The second-order valence-corrected chi connectivity index (χ2v) is 6.56. The van der Waals surface area contributed by atoms with E-state index in [1.807, 2.05) is 17.2 Å². The van der Waals surface area contributed by atoms with Crippen molar-refractivity contribution in [2.24, 2.45) is 5.92 Å². The Morgan fingerprint density at radius 2 is 2.05 bits per heavy atom. The summed E-state index contributed by atoms with van der Waals surface area (Å²) in [6, 6.07) is 2.46. The van der Waals surface area contributed by atoms with E-state index in [0.29, 0.717) is 11.9 Å². The summed E-state index contributed by atoms with van der Waals surface area (Å²) in [6.45, 7) is 5.91. The number of pyridine rings is 1. The van der Waals surface area contributed by atoms with Gasteiger partial charge in [0, 0.05) is 35.7 Å². The number of nitrogens with zero attached hydrogens (tertiary/aromatic N) is 2.